The van der Waals surface area contributed by atoms with E-state index in [1.807, 2.05) is 73.7 Å². The van der Waals surface area contributed by atoms with Crippen LogP contribution in [0.3, 0.4) is 0 Å². The molecule has 1 fully saturated rings. The number of rotatable bonds is 4. The third kappa shape index (κ3) is 4.00. The number of amides is 1. The Morgan fingerprint density at radius 2 is 1.80 bits per heavy atom. The molecule has 0 bridgehead atoms. The van der Waals surface area contributed by atoms with Crippen molar-refractivity contribution in [1.82, 2.24) is 0 Å². The van der Waals surface area contributed by atoms with Gasteiger partial charge in [-0.15, -0.1) is 0 Å². The van der Waals surface area contributed by atoms with Gasteiger partial charge < -0.3 is 4.74 Å². The molecule has 1 amide bonds. The number of methoxy groups -OCH3 is 1. The monoisotopic (exact) mass is 367 g/mol. The number of carbonyl (C=O) groups excluding carboxylic acids is 1. The minimum absolute atomic E-state index is 0.0963. The Morgan fingerprint density at radius 3 is 2.44 bits per heavy atom. The van der Waals surface area contributed by atoms with Crippen molar-refractivity contribution in [1.29, 1.82) is 0 Å². The maximum absolute atomic E-state index is 12.7. The van der Waals surface area contributed by atoms with Crippen LogP contribution < -0.4 is 9.64 Å². The van der Waals surface area contributed by atoms with Gasteiger partial charge in [0.25, 0.3) is 5.91 Å². The van der Waals surface area contributed by atoms with Crippen LogP contribution in [-0.2, 0) is 4.79 Å². The van der Waals surface area contributed by atoms with Gasteiger partial charge in [-0.25, -0.2) is 0 Å². The maximum Gasteiger partial charge on any atom is 0.270 e. The molecular weight excluding hydrogens is 350 g/mol. The maximum atomic E-state index is 12.7. The van der Waals surface area contributed by atoms with Crippen LogP contribution in [0, 0.1) is 0 Å². The summed E-state index contributed by atoms with van der Waals surface area (Å²) in [7, 11) is 1.61. The highest BCUT2D eigenvalue weighted by Crippen LogP contribution is 2.36. The van der Waals surface area contributed by atoms with Crippen LogP contribution in [-0.4, -0.2) is 17.3 Å². The molecule has 0 saturated carbocycles. The molecule has 0 unspecified atom stereocenters. The summed E-state index contributed by atoms with van der Waals surface area (Å²) >= 11 is 6.72. The fourth-order valence-corrected chi connectivity index (χ4v) is 3.83. The van der Waals surface area contributed by atoms with Crippen molar-refractivity contribution in [3.05, 3.63) is 76.7 Å². The van der Waals surface area contributed by atoms with Crippen molar-refractivity contribution < 1.29 is 9.53 Å². The van der Waals surface area contributed by atoms with Crippen LogP contribution >= 0.6 is 24.0 Å². The normalized spacial score (nSPS) is 16.6. The van der Waals surface area contributed by atoms with Crippen molar-refractivity contribution in [2.45, 2.75) is 6.92 Å². The molecule has 25 heavy (non-hydrogen) atoms. The number of nitrogens with zero attached hydrogens (tertiary/aromatic N) is 1. The van der Waals surface area contributed by atoms with Gasteiger partial charge in [-0.05, 0) is 48.4 Å². The van der Waals surface area contributed by atoms with Crippen LogP contribution in [0.15, 0.2) is 71.2 Å². The van der Waals surface area contributed by atoms with Gasteiger partial charge in [0.1, 0.15) is 5.75 Å². The number of thiocarbonyl (C=S) groups is 1. The molecule has 0 N–H and O–H groups in total. The number of thioether (sulfide) groups is 1. The second kappa shape index (κ2) is 7.68. The average Bonchev–Trinajstić information content (AvgIpc) is 2.89. The standard InChI is InChI=1S/C20H17NO2S2/c1-14(12-15-6-4-3-5-7-15)13-18-19(22)21(20(24)25-18)16-8-10-17(23-2)11-9-16/h3-13H,1-2H3/b14-12-,18-13-. The van der Waals surface area contributed by atoms with Crippen molar-refractivity contribution in [2.75, 3.05) is 12.0 Å². The number of hydrogen-bond acceptors (Lipinski definition) is 4. The van der Waals surface area contributed by atoms with Gasteiger partial charge in [-0.3, -0.25) is 9.69 Å². The summed E-state index contributed by atoms with van der Waals surface area (Å²) in [5.41, 5.74) is 2.85. The molecular formula is C20H17NO2S2. The summed E-state index contributed by atoms with van der Waals surface area (Å²) < 4.78 is 5.69. The topological polar surface area (TPSA) is 29.5 Å². The van der Waals surface area contributed by atoms with Crippen LogP contribution in [0.25, 0.3) is 6.08 Å². The van der Waals surface area contributed by atoms with E-state index in [1.165, 1.54) is 11.8 Å². The van der Waals surface area contributed by atoms with Gasteiger partial charge >= 0.3 is 0 Å². The van der Waals surface area contributed by atoms with Crippen molar-refractivity contribution in [3.8, 4) is 5.75 Å². The molecule has 1 aliphatic rings. The van der Waals surface area contributed by atoms with Gasteiger partial charge in [0.15, 0.2) is 4.32 Å². The molecule has 0 aromatic heterocycles. The first kappa shape index (κ1) is 17.5. The summed E-state index contributed by atoms with van der Waals surface area (Å²) in [6.07, 6.45) is 3.93. The molecule has 0 spiro atoms. The largest absolute Gasteiger partial charge is 0.497 e. The Labute approximate surface area is 157 Å². The Morgan fingerprint density at radius 1 is 1.12 bits per heavy atom. The van der Waals surface area contributed by atoms with Gasteiger partial charge in [0.05, 0.1) is 17.7 Å². The zero-order chi connectivity index (χ0) is 17.8. The summed E-state index contributed by atoms with van der Waals surface area (Å²) in [5.74, 6) is 0.646. The molecule has 0 atom stereocenters. The van der Waals surface area contributed by atoms with E-state index in [2.05, 4.69) is 0 Å². The minimum Gasteiger partial charge on any atom is -0.497 e. The fraction of sp³-hybridized carbons (Fsp3) is 0.100. The Balaban J connectivity index is 1.84. The fourth-order valence-electron chi connectivity index (χ4n) is 2.48. The molecule has 2 aromatic carbocycles. The van der Waals surface area contributed by atoms with E-state index in [0.29, 0.717) is 9.23 Å². The lowest BCUT2D eigenvalue weighted by Crippen LogP contribution is -2.27. The third-order valence-electron chi connectivity index (χ3n) is 3.68. The number of benzene rings is 2. The highest BCUT2D eigenvalue weighted by atomic mass is 32.2. The van der Waals surface area contributed by atoms with E-state index in [1.54, 1.807) is 12.0 Å². The van der Waals surface area contributed by atoms with Crippen LogP contribution in [0.4, 0.5) is 5.69 Å². The first-order valence-electron chi connectivity index (χ1n) is 7.74. The van der Waals surface area contributed by atoms with Crippen LogP contribution in [0.5, 0.6) is 5.75 Å². The Kier molecular flexibility index (Phi) is 5.36. The molecule has 1 aliphatic heterocycles. The molecule has 0 radical (unpaired) electrons. The van der Waals surface area contributed by atoms with Crippen LogP contribution in [0.2, 0.25) is 0 Å². The number of hydrogen-bond donors (Lipinski definition) is 0. The predicted molar refractivity (Wildman–Crippen MR) is 109 cm³/mol. The summed E-state index contributed by atoms with van der Waals surface area (Å²) in [6.45, 7) is 1.98. The number of allylic oxidation sites excluding steroid dienone is 2. The summed E-state index contributed by atoms with van der Waals surface area (Å²) in [6, 6.07) is 17.3. The molecule has 1 saturated heterocycles. The van der Waals surface area contributed by atoms with Crippen molar-refractivity contribution in [2.24, 2.45) is 0 Å². The highest BCUT2D eigenvalue weighted by molar-refractivity contribution is 8.27. The van der Waals surface area contributed by atoms with E-state index < -0.39 is 0 Å². The molecule has 126 valence electrons. The predicted octanol–water partition coefficient (Wildman–Crippen LogP) is 5.05. The lowest BCUT2D eigenvalue weighted by molar-refractivity contribution is -0.113. The van der Waals surface area contributed by atoms with E-state index in [4.69, 9.17) is 17.0 Å². The quantitative estimate of drug-likeness (QED) is 0.559. The molecule has 5 heteroatoms. The minimum atomic E-state index is -0.0963. The highest BCUT2D eigenvalue weighted by Gasteiger charge is 2.33. The van der Waals surface area contributed by atoms with Gasteiger partial charge in [0.2, 0.25) is 0 Å². The zero-order valence-corrected chi connectivity index (χ0v) is 15.6. The number of ether oxygens (including phenoxy) is 1. The molecule has 2 aromatic rings. The smallest absolute Gasteiger partial charge is 0.270 e. The van der Waals surface area contributed by atoms with E-state index in [-0.39, 0.29) is 5.91 Å². The van der Waals surface area contributed by atoms with Gasteiger partial charge in [-0.1, -0.05) is 60.4 Å². The number of anilines is 1. The molecule has 0 aliphatic carbocycles. The average molecular weight is 367 g/mol. The Bertz CT molecular complexity index is 855. The van der Waals surface area contributed by atoms with E-state index >= 15 is 0 Å². The second-order valence-corrected chi connectivity index (χ2v) is 7.19. The van der Waals surface area contributed by atoms with E-state index in [9.17, 15) is 4.79 Å². The SMILES string of the molecule is COc1ccc(N2C(=O)/C(=C/C(C)=C\c3ccccc3)SC2=S)cc1. The first-order chi connectivity index (χ1) is 12.1. The molecule has 3 rings (SSSR count). The number of carbonyl (C=O) groups is 1. The lowest BCUT2D eigenvalue weighted by Gasteiger charge is -2.14. The molecule has 3 nitrogen and oxygen atoms in total. The lowest BCUT2D eigenvalue weighted by atomic mass is 10.1. The van der Waals surface area contributed by atoms with Crippen molar-refractivity contribution >= 4 is 46.0 Å². The third-order valence-corrected chi connectivity index (χ3v) is 4.98. The Hall–Kier alpha value is -2.37. The van der Waals surface area contributed by atoms with Gasteiger partial charge in [0, 0.05) is 0 Å². The van der Waals surface area contributed by atoms with E-state index in [0.717, 1.165) is 22.6 Å². The second-order valence-electron chi connectivity index (χ2n) is 5.51. The van der Waals surface area contributed by atoms with Crippen LogP contribution in [0.1, 0.15) is 12.5 Å². The first-order valence-corrected chi connectivity index (χ1v) is 8.96. The summed E-state index contributed by atoms with van der Waals surface area (Å²) in [5, 5.41) is 0. The van der Waals surface area contributed by atoms with Gasteiger partial charge in [-0.2, -0.15) is 0 Å². The zero-order valence-electron chi connectivity index (χ0n) is 13.9. The summed E-state index contributed by atoms with van der Waals surface area (Å²) in [4.78, 5) is 14.9. The molecule has 1 heterocycles. The van der Waals surface area contributed by atoms with Crippen molar-refractivity contribution in [3.63, 3.8) is 0 Å².